The zero-order valence-electron chi connectivity index (χ0n) is 13.8. The SMILES string of the molecule is CCCCCN(C(=O)c1ccc(OC)nc1)C(C)CCC. The molecule has 1 amide bonds. The van der Waals surface area contributed by atoms with E-state index in [0.29, 0.717) is 11.4 Å². The van der Waals surface area contributed by atoms with Crippen LogP contribution in [0.2, 0.25) is 0 Å². The van der Waals surface area contributed by atoms with Crippen LogP contribution in [0.25, 0.3) is 0 Å². The van der Waals surface area contributed by atoms with E-state index in [4.69, 9.17) is 4.74 Å². The van der Waals surface area contributed by atoms with Crippen molar-refractivity contribution in [1.82, 2.24) is 9.88 Å². The first kappa shape index (κ1) is 17.5. The summed E-state index contributed by atoms with van der Waals surface area (Å²) < 4.78 is 5.04. The molecule has 4 nitrogen and oxygen atoms in total. The van der Waals surface area contributed by atoms with Gasteiger partial charge in [-0.2, -0.15) is 0 Å². The average molecular weight is 292 g/mol. The summed E-state index contributed by atoms with van der Waals surface area (Å²) in [6, 6.07) is 3.79. The van der Waals surface area contributed by atoms with E-state index in [0.717, 1.165) is 38.6 Å². The number of ether oxygens (including phenoxy) is 1. The summed E-state index contributed by atoms with van der Waals surface area (Å²) in [4.78, 5) is 18.8. The maximum absolute atomic E-state index is 12.7. The highest BCUT2D eigenvalue weighted by atomic mass is 16.5. The largest absolute Gasteiger partial charge is 0.481 e. The van der Waals surface area contributed by atoms with Crippen LogP contribution in [0.1, 0.15) is 63.2 Å². The van der Waals surface area contributed by atoms with E-state index >= 15 is 0 Å². The highest BCUT2D eigenvalue weighted by Gasteiger charge is 2.20. The second kappa shape index (κ2) is 9.37. The van der Waals surface area contributed by atoms with Crippen LogP contribution in [0.3, 0.4) is 0 Å². The smallest absolute Gasteiger partial charge is 0.255 e. The van der Waals surface area contributed by atoms with E-state index in [-0.39, 0.29) is 11.9 Å². The number of aromatic nitrogens is 1. The number of pyridine rings is 1. The van der Waals surface area contributed by atoms with Gasteiger partial charge in [-0.3, -0.25) is 4.79 Å². The molecule has 0 saturated carbocycles. The Morgan fingerprint density at radius 3 is 2.57 bits per heavy atom. The molecule has 1 heterocycles. The molecule has 0 aliphatic heterocycles. The van der Waals surface area contributed by atoms with Crippen molar-refractivity contribution in [3.8, 4) is 5.88 Å². The first-order valence-corrected chi connectivity index (χ1v) is 7.95. The predicted octanol–water partition coefficient (Wildman–Crippen LogP) is 3.91. The van der Waals surface area contributed by atoms with Crippen LogP contribution < -0.4 is 4.74 Å². The van der Waals surface area contributed by atoms with Gasteiger partial charge in [0, 0.05) is 24.8 Å². The van der Waals surface area contributed by atoms with Gasteiger partial charge in [-0.05, 0) is 25.8 Å². The summed E-state index contributed by atoms with van der Waals surface area (Å²) in [6.07, 6.45) is 7.09. The Labute approximate surface area is 128 Å². The standard InChI is InChI=1S/C17H28N2O2/c1-5-7-8-12-19(14(3)9-6-2)17(20)15-10-11-16(21-4)18-13-15/h10-11,13-14H,5-9,12H2,1-4H3. The molecule has 1 aromatic rings. The number of nitrogens with zero attached hydrogens (tertiary/aromatic N) is 2. The van der Waals surface area contributed by atoms with E-state index in [1.807, 2.05) is 4.90 Å². The van der Waals surface area contributed by atoms with Crippen molar-refractivity contribution in [2.45, 2.75) is 58.9 Å². The number of methoxy groups -OCH3 is 1. The second-order valence-electron chi connectivity index (χ2n) is 5.43. The zero-order chi connectivity index (χ0) is 15.7. The average Bonchev–Trinajstić information content (AvgIpc) is 2.51. The van der Waals surface area contributed by atoms with Crippen LogP contribution in [0.5, 0.6) is 5.88 Å². The fraction of sp³-hybridized carbons (Fsp3) is 0.647. The number of amides is 1. The molecule has 1 aromatic heterocycles. The van der Waals surface area contributed by atoms with Gasteiger partial charge in [-0.15, -0.1) is 0 Å². The second-order valence-corrected chi connectivity index (χ2v) is 5.43. The van der Waals surface area contributed by atoms with Crippen LogP contribution in [0.4, 0.5) is 0 Å². The van der Waals surface area contributed by atoms with Crippen molar-refractivity contribution in [2.24, 2.45) is 0 Å². The molecule has 0 saturated heterocycles. The minimum absolute atomic E-state index is 0.0715. The lowest BCUT2D eigenvalue weighted by Gasteiger charge is -2.29. The fourth-order valence-electron chi connectivity index (χ4n) is 2.42. The molecule has 118 valence electrons. The number of carbonyl (C=O) groups is 1. The van der Waals surface area contributed by atoms with Gasteiger partial charge in [-0.25, -0.2) is 4.98 Å². The fourth-order valence-corrected chi connectivity index (χ4v) is 2.42. The summed E-state index contributed by atoms with van der Waals surface area (Å²) in [6.45, 7) is 7.28. The van der Waals surface area contributed by atoms with Gasteiger partial charge in [0.15, 0.2) is 0 Å². The maximum atomic E-state index is 12.7. The van der Waals surface area contributed by atoms with Gasteiger partial charge in [0.05, 0.1) is 12.7 Å². The van der Waals surface area contributed by atoms with Gasteiger partial charge in [-0.1, -0.05) is 33.1 Å². The van der Waals surface area contributed by atoms with Crippen LogP contribution in [-0.4, -0.2) is 35.5 Å². The van der Waals surface area contributed by atoms with E-state index in [9.17, 15) is 4.79 Å². The molecule has 1 rings (SSSR count). The van der Waals surface area contributed by atoms with Gasteiger partial charge < -0.3 is 9.64 Å². The quantitative estimate of drug-likeness (QED) is 0.648. The summed E-state index contributed by atoms with van der Waals surface area (Å²) in [5, 5.41) is 0. The summed E-state index contributed by atoms with van der Waals surface area (Å²) in [5.74, 6) is 0.605. The Morgan fingerprint density at radius 1 is 1.29 bits per heavy atom. The highest BCUT2D eigenvalue weighted by Crippen LogP contribution is 2.15. The number of hydrogen-bond acceptors (Lipinski definition) is 3. The van der Waals surface area contributed by atoms with E-state index in [1.165, 1.54) is 0 Å². The Hall–Kier alpha value is -1.58. The molecule has 0 N–H and O–H groups in total. The van der Waals surface area contributed by atoms with Crippen molar-refractivity contribution in [3.05, 3.63) is 23.9 Å². The molecule has 21 heavy (non-hydrogen) atoms. The highest BCUT2D eigenvalue weighted by molar-refractivity contribution is 5.94. The van der Waals surface area contributed by atoms with Crippen molar-refractivity contribution in [3.63, 3.8) is 0 Å². The van der Waals surface area contributed by atoms with Crippen LogP contribution >= 0.6 is 0 Å². The third kappa shape index (κ3) is 5.37. The maximum Gasteiger partial charge on any atom is 0.255 e. The van der Waals surface area contributed by atoms with E-state index in [2.05, 4.69) is 25.8 Å². The molecule has 0 spiro atoms. The van der Waals surface area contributed by atoms with Gasteiger partial charge >= 0.3 is 0 Å². The molecular weight excluding hydrogens is 264 g/mol. The van der Waals surface area contributed by atoms with E-state index < -0.39 is 0 Å². The molecule has 1 unspecified atom stereocenters. The monoisotopic (exact) mass is 292 g/mol. The van der Waals surface area contributed by atoms with Crippen LogP contribution in [-0.2, 0) is 0 Å². The minimum atomic E-state index is 0.0715. The molecule has 4 heteroatoms. The van der Waals surface area contributed by atoms with Gasteiger partial charge in [0.1, 0.15) is 0 Å². The van der Waals surface area contributed by atoms with Crippen molar-refractivity contribution >= 4 is 5.91 Å². The zero-order valence-corrected chi connectivity index (χ0v) is 13.8. The van der Waals surface area contributed by atoms with Crippen molar-refractivity contribution in [1.29, 1.82) is 0 Å². The lowest BCUT2D eigenvalue weighted by atomic mass is 10.1. The van der Waals surface area contributed by atoms with Crippen LogP contribution in [0.15, 0.2) is 18.3 Å². The summed E-state index contributed by atoms with van der Waals surface area (Å²) in [7, 11) is 1.57. The minimum Gasteiger partial charge on any atom is -0.481 e. The number of hydrogen-bond donors (Lipinski definition) is 0. The topological polar surface area (TPSA) is 42.4 Å². The lowest BCUT2D eigenvalue weighted by Crippen LogP contribution is -2.39. The molecule has 0 fully saturated rings. The molecule has 0 radical (unpaired) electrons. The third-order valence-corrected chi connectivity index (χ3v) is 3.69. The Balaban J connectivity index is 2.80. The van der Waals surface area contributed by atoms with E-state index in [1.54, 1.807) is 25.4 Å². The number of carbonyl (C=O) groups excluding carboxylic acids is 1. The van der Waals surface area contributed by atoms with Crippen molar-refractivity contribution < 1.29 is 9.53 Å². The normalized spacial score (nSPS) is 12.0. The molecule has 0 aliphatic carbocycles. The Bertz CT molecular complexity index is 417. The lowest BCUT2D eigenvalue weighted by molar-refractivity contribution is 0.0679. The Kier molecular flexibility index (Phi) is 7.80. The molecule has 0 aliphatic rings. The number of unbranched alkanes of at least 4 members (excludes halogenated alkanes) is 2. The van der Waals surface area contributed by atoms with Crippen molar-refractivity contribution in [2.75, 3.05) is 13.7 Å². The molecule has 1 atom stereocenters. The summed E-state index contributed by atoms with van der Waals surface area (Å²) >= 11 is 0. The van der Waals surface area contributed by atoms with Gasteiger partial charge in [0.25, 0.3) is 5.91 Å². The molecule has 0 aromatic carbocycles. The summed E-state index contributed by atoms with van der Waals surface area (Å²) in [5.41, 5.74) is 0.634. The third-order valence-electron chi connectivity index (χ3n) is 3.69. The number of rotatable bonds is 9. The molecular formula is C17H28N2O2. The van der Waals surface area contributed by atoms with Crippen LogP contribution in [0, 0.1) is 0 Å². The first-order valence-electron chi connectivity index (χ1n) is 7.95. The van der Waals surface area contributed by atoms with Gasteiger partial charge in [0.2, 0.25) is 5.88 Å². The Morgan fingerprint density at radius 2 is 2.05 bits per heavy atom. The molecule has 0 bridgehead atoms. The predicted molar refractivity (Wildman–Crippen MR) is 85.7 cm³/mol. The first-order chi connectivity index (χ1) is 10.1.